The molecule has 148 valence electrons. The predicted molar refractivity (Wildman–Crippen MR) is 110 cm³/mol. The third kappa shape index (κ3) is 3.62. The van der Waals surface area contributed by atoms with Gasteiger partial charge in [0, 0.05) is 5.56 Å². The monoisotopic (exact) mass is 407 g/mol. The molecule has 5 nitrogen and oxygen atoms in total. The summed E-state index contributed by atoms with van der Waals surface area (Å²) in [6, 6.07) is 21.3. The lowest BCUT2D eigenvalue weighted by molar-refractivity contribution is 0.0670. The zero-order valence-electron chi connectivity index (χ0n) is 15.8. The van der Waals surface area contributed by atoms with Gasteiger partial charge in [-0.25, -0.2) is 13.1 Å². The molecule has 6 heteroatoms. The number of aliphatic hydroxyl groups is 1. The van der Waals surface area contributed by atoms with Crippen molar-refractivity contribution in [2.24, 2.45) is 5.92 Å². The smallest absolute Gasteiger partial charge is 0.241 e. The highest BCUT2D eigenvalue weighted by Crippen LogP contribution is 2.45. The first-order chi connectivity index (χ1) is 13.9. The molecule has 0 aromatic heterocycles. The van der Waals surface area contributed by atoms with Crippen LogP contribution in [0.1, 0.15) is 39.2 Å². The number of aryl methyl sites for hydroxylation is 1. The van der Waals surface area contributed by atoms with Crippen LogP contribution in [0.5, 0.6) is 0 Å². The van der Waals surface area contributed by atoms with E-state index >= 15 is 0 Å². The van der Waals surface area contributed by atoms with Crippen molar-refractivity contribution in [1.82, 2.24) is 4.72 Å². The average molecular weight is 407 g/mol. The molecule has 0 saturated heterocycles. The topological polar surface area (TPSA) is 83.5 Å². The molecule has 0 radical (unpaired) electrons. The van der Waals surface area contributed by atoms with Crippen molar-refractivity contribution >= 4 is 15.8 Å². The molecule has 2 N–H and O–H groups in total. The molecule has 3 aromatic carbocycles. The van der Waals surface area contributed by atoms with Gasteiger partial charge in [0.05, 0.1) is 23.0 Å². The molecule has 0 fully saturated rings. The molecule has 1 aliphatic rings. The number of carbonyl (C=O) groups is 1. The second-order valence-electron chi connectivity index (χ2n) is 7.24. The van der Waals surface area contributed by atoms with Crippen molar-refractivity contribution in [2.75, 3.05) is 0 Å². The van der Waals surface area contributed by atoms with Gasteiger partial charge in [-0.2, -0.15) is 0 Å². The summed E-state index contributed by atoms with van der Waals surface area (Å²) in [5.41, 5.74) is 2.56. The lowest BCUT2D eigenvalue weighted by Gasteiger charge is -2.23. The zero-order chi connectivity index (χ0) is 20.6. The van der Waals surface area contributed by atoms with E-state index < -0.39 is 28.1 Å². The van der Waals surface area contributed by atoms with Gasteiger partial charge >= 0.3 is 0 Å². The van der Waals surface area contributed by atoms with Crippen molar-refractivity contribution in [3.05, 3.63) is 101 Å². The number of aliphatic hydroxyl groups excluding tert-OH is 1. The summed E-state index contributed by atoms with van der Waals surface area (Å²) in [6.45, 7) is 1.88. The molecule has 0 spiro atoms. The van der Waals surface area contributed by atoms with Crippen LogP contribution >= 0.6 is 0 Å². The highest BCUT2D eigenvalue weighted by molar-refractivity contribution is 7.89. The summed E-state index contributed by atoms with van der Waals surface area (Å²) < 4.78 is 28.7. The Morgan fingerprint density at radius 3 is 2.10 bits per heavy atom. The Balaban J connectivity index is 1.75. The molecule has 29 heavy (non-hydrogen) atoms. The quantitative estimate of drug-likeness (QED) is 0.634. The van der Waals surface area contributed by atoms with Gasteiger partial charge in [-0.15, -0.1) is 0 Å². The number of benzene rings is 3. The lowest BCUT2D eigenvalue weighted by atomic mass is 9.90. The van der Waals surface area contributed by atoms with Crippen LogP contribution in [0.25, 0.3) is 0 Å². The number of fused-ring (bicyclic) bond motifs is 1. The Kier molecular flexibility index (Phi) is 5.08. The number of nitrogens with one attached hydrogen (secondary N) is 1. The molecule has 0 amide bonds. The van der Waals surface area contributed by atoms with Crippen molar-refractivity contribution in [2.45, 2.75) is 24.0 Å². The fourth-order valence-corrected chi connectivity index (χ4v) is 5.05. The van der Waals surface area contributed by atoms with Crippen molar-refractivity contribution < 1.29 is 18.3 Å². The van der Waals surface area contributed by atoms with E-state index in [1.165, 1.54) is 12.1 Å². The Morgan fingerprint density at radius 1 is 0.862 bits per heavy atom. The third-order valence-corrected chi connectivity index (χ3v) is 6.78. The van der Waals surface area contributed by atoms with Crippen molar-refractivity contribution in [3.8, 4) is 0 Å². The Labute approximate surface area is 170 Å². The molecule has 0 aliphatic heterocycles. The van der Waals surface area contributed by atoms with Crippen molar-refractivity contribution in [3.63, 3.8) is 0 Å². The molecule has 3 aromatic rings. The first-order valence-corrected chi connectivity index (χ1v) is 10.8. The van der Waals surface area contributed by atoms with Crippen LogP contribution in [0.3, 0.4) is 0 Å². The van der Waals surface area contributed by atoms with E-state index in [1.807, 2.05) is 6.92 Å². The van der Waals surface area contributed by atoms with E-state index in [-0.39, 0.29) is 10.7 Å². The highest BCUT2D eigenvalue weighted by atomic mass is 32.2. The molecular formula is C23H21NO4S. The standard InChI is InChI=1S/C23H21NO4S/c1-15-11-13-17(14-12-15)29(27,28)24-21-18-9-5-6-10-19(18)23(26)20(21)22(25)16-7-3-2-4-8-16/h2-14,20-21,23-24,26H,1H3. The number of hydrogen-bond acceptors (Lipinski definition) is 4. The molecule has 0 heterocycles. The third-order valence-electron chi connectivity index (χ3n) is 5.32. The maximum absolute atomic E-state index is 13.2. The molecule has 0 saturated carbocycles. The van der Waals surface area contributed by atoms with Gasteiger partial charge < -0.3 is 5.11 Å². The van der Waals surface area contributed by atoms with E-state index in [2.05, 4.69) is 4.72 Å². The van der Waals surface area contributed by atoms with Crippen LogP contribution in [-0.2, 0) is 10.0 Å². The van der Waals surface area contributed by atoms with Gasteiger partial charge in [-0.1, -0.05) is 72.3 Å². The second kappa shape index (κ2) is 7.55. The van der Waals surface area contributed by atoms with Gasteiger partial charge in [0.15, 0.2) is 5.78 Å². The molecular weight excluding hydrogens is 386 g/mol. The molecule has 4 rings (SSSR count). The summed E-state index contributed by atoms with van der Waals surface area (Å²) in [7, 11) is -3.89. The van der Waals surface area contributed by atoms with Crippen LogP contribution in [-0.4, -0.2) is 19.3 Å². The minimum absolute atomic E-state index is 0.118. The predicted octanol–water partition coefficient (Wildman–Crippen LogP) is 3.56. The fraction of sp³-hybridized carbons (Fsp3) is 0.174. The largest absolute Gasteiger partial charge is 0.388 e. The Morgan fingerprint density at radius 2 is 1.45 bits per heavy atom. The molecule has 3 atom stereocenters. The number of Topliss-reactive ketones (excluding diaryl/α,β-unsaturated/α-hetero) is 1. The number of sulfonamides is 1. The number of hydrogen-bond donors (Lipinski definition) is 2. The van der Waals surface area contributed by atoms with Gasteiger partial charge in [-0.3, -0.25) is 4.79 Å². The maximum atomic E-state index is 13.2. The number of carbonyl (C=O) groups excluding carboxylic acids is 1. The van der Waals surface area contributed by atoms with E-state index in [0.717, 1.165) is 5.56 Å². The maximum Gasteiger partial charge on any atom is 0.241 e. The first-order valence-electron chi connectivity index (χ1n) is 9.33. The second-order valence-corrected chi connectivity index (χ2v) is 8.96. The minimum atomic E-state index is -3.89. The van der Waals surface area contributed by atoms with Gasteiger partial charge in [-0.05, 0) is 30.2 Å². The van der Waals surface area contributed by atoms with Crippen LogP contribution in [0, 0.1) is 12.8 Å². The van der Waals surface area contributed by atoms with Gasteiger partial charge in [0.25, 0.3) is 0 Å². The Hall–Kier alpha value is -2.80. The van der Waals surface area contributed by atoms with E-state index in [1.54, 1.807) is 66.7 Å². The number of rotatable bonds is 5. The molecule has 1 aliphatic carbocycles. The van der Waals surface area contributed by atoms with Crippen LogP contribution in [0.2, 0.25) is 0 Å². The van der Waals surface area contributed by atoms with E-state index in [9.17, 15) is 18.3 Å². The van der Waals surface area contributed by atoms with E-state index in [0.29, 0.717) is 16.7 Å². The van der Waals surface area contributed by atoms with Crippen LogP contribution in [0.4, 0.5) is 0 Å². The normalized spacial score (nSPS) is 21.0. The lowest BCUT2D eigenvalue weighted by Crippen LogP contribution is -2.35. The summed E-state index contributed by atoms with van der Waals surface area (Å²) >= 11 is 0. The van der Waals surface area contributed by atoms with Gasteiger partial charge in [0.2, 0.25) is 10.0 Å². The SMILES string of the molecule is Cc1ccc(S(=O)(=O)NC2c3ccccc3C(O)C2C(=O)c2ccccc2)cc1. The highest BCUT2D eigenvalue weighted by Gasteiger charge is 2.45. The summed E-state index contributed by atoms with van der Waals surface area (Å²) in [5, 5.41) is 10.9. The van der Waals surface area contributed by atoms with E-state index in [4.69, 9.17) is 0 Å². The van der Waals surface area contributed by atoms with Crippen molar-refractivity contribution in [1.29, 1.82) is 0 Å². The summed E-state index contributed by atoms with van der Waals surface area (Å²) in [4.78, 5) is 13.3. The first kappa shape index (κ1) is 19.5. The average Bonchev–Trinajstić information content (AvgIpc) is 3.00. The zero-order valence-corrected chi connectivity index (χ0v) is 16.6. The summed E-state index contributed by atoms with van der Waals surface area (Å²) in [5.74, 6) is -1.25. The van der Waals surface area contributed by atoms with Crippen LogP contribution < -0.4 is 4.72 Å². The minimum Gasteiger partial charge on any atom is -0.388 e. The molecule has 3 unspecified atom stereocenters. The fourth-order valence-electron chi connectivity index (χ4n) is 3.81. The summed E-state index contributed by atoms with van der Waals surface area (Å²) in [6.07, 6.45) is -1.09. The van der Waals surface area contributed by atoms with Gasteiger partial charge in [0.1, 0.15) is 0 Å². The molecule has 0 bridgehead atoms. The Bertz CT molecular complexity index is 1140. The van der Waals surface area contributed by atoms with Crippen LogP contribution in [0.15, 0.2) is 83.8 Å². The number of ketones is 1.